The van der Waals surface area contributed by atoms with E-state index in [0.717, 1.165) is 58.1 Å². The molecule has 2 fully saturated rings. The molecular formula is C21H34IN3O2. The first-order valence-electron chi connectivity index (χ1n) is 9.84. The number of morpholine rings is 1. The molecule has 2 saturated heterocycles. The Morgan fingerprint density at radius 2 is 1.85 bits per heavy atom. The van der Waals surface area contributed by atoms with Gasteiger partial charge in [-0.05, 0) is 56.7 Å². The zero-order valence-electron chi connectivity index (χ0n) is 17.1. The summed E-state index contributed by atoms with van der Waals surface area (Å²) < 4.78 is 11.8. The molecule has 2 aliphatic rings. The fourth-order valence-corrected chi connectivity index (χ4v) is 4.22. The third-order valence-electron chi connectivity index (χ3n) is 5.48. The van der Waals surface area contributed by atoms with Crippen LogP contribution in [-0.4, -0.2) is 63.0 Å². The molecule has 2 atom stereocenters. The molecule has 1 aromatic carbocycles. The molecular weight excluding hydrogens is 453 g/mol. The van der Waals surface area contributed by atoms with Gasteiger partial charge in [0.1, 0.15) is 6.10 Å². The summed E-state index contributed by atoms with van der Waals surface area (Å²) in [6, 6.07) is 4.54. The van der Waals surface area contributed by atoms with E-state index in [-0.39, 0.29) is 36.2 Å². The van der Waals surface area contributed by atoms with Gasteiger partial charge in [0.05, 0.1) is 12.7 Å². The Morgan fingerprint density at radius 1 is 1.15 bits per heavy atom. The van der Waals surface area contributed by atoms with Crippen LogP contribution < -0.4 is 5.32 Å². The number of aryl methyl sites for hydroxylation is 3. The fourth-order valence-electron chi connectivity index (χ4n) is 4.22. The summed E-state index contributed by atoms with van der Waals surface area (Å²) in [7, 11) is 1.86. The molecule has 0 saturated carbocycles. The molecule has 0 radical (unpaired) electrons. The molecule has 2 unspecified atom stereocenters. The van der Waals surface area contributed by atoms with Crippen molar-refractivity contribution >= 4 is 29.9 Å². The second-order valence-corrected chi connectivity index (χ2v) is 7.51. The highest BCUT2D eigenvalue weighted by atomic mass is 127. The lowest BCUT2D eigenvalue weighted by atomic mass is 9.97. The van der Waals surface area contributed by atoms with Crippen molar-refractivity contribution in [1.82, 2.24) is 10.2 Å². The van der Waals surface area contributed by atoms with Gasteiger partial charge >= 0.3 is 0 Å². The lowest BCUT2D eigenvalue weighted by molar-refractivity contribution is -0.0816. The molecule has 0 bridgehead atoms. The summed E-state index contributed by atoms with van der Waals surface area (Å²) in [4.78, 5) is 6.81. The zero-order chi connectivity index (χ0) is 18.5. The lowest BCUT2D eigenvalue weighted by Gasteiger charge is -2.37. The number of hydrogen-bond acceptors (Lipinski definition) is 3. The first-order valence-corrected chi connectivity index (χ1v) is 9.84. The highest BCUT2D eigenvalue weighted by Gasteiger charge is 2.32. The summed E-state index contributed by atoms with van der Waals surface area (Å²) in [5.74, 6) is 0.971. The van der Waals surface area contributed by atoms with Gasteiger partial charge in [0.15, 0.2) is 5.96 Å². The Morgan fingerprint density at radius 3 is 2.48 bits per heavy atom. The molecule has 0 aliphatic carbocycles. The van der Waals surface area contributed by atoms with Gasteiger partial charge in [-0.25, -0.2) is 0 Å². The summed E-state index contributed by atoms with van der Waals surface area (Å²) in [5.41, 5.74) is 5.53. The van der Waals surface area contributed by atoms with Crippen LogP contribution in [0.5, 0.6) is 0 Å². The highest BCUT2D eigenvalue weighted by Crippen LogP contribution is 2.21. The zero-order valence-corrected chi connectivity index (χ0v) is 19.4. The number of benzene rings is 1. The van der Waals surface area contributed by atoms with E-state index in [0.29, 0.717) is 0 Å². The molecule has 2 heterocycles. The molecule has 0 spiro atoms. The second kappa shape index (κ2) is 10.6. The van der Waals surface area contributed by atoms with Crippen molar-refractivity contribution in [2.75, 3.05) is 39.9 Å². The molecule has 0 amide bonds. The third kappa shape index (κ3) is 5.81. The quantitative estimate of drug-likeness (QED) is 0.403. The van der Waals surface area contributed by atoms with Crippen LogP contribution in [0.2, 0.25) is 0 Å². The van der Waals surface area contributed by atoms with Crippen LogP contribution in [0, 0.1) is 20.8 Å². The lowest BCUT2D eigenvalue weighted by Crippen LogP contribution is -2.53. The average Bonchev–Trinajstić information content (AvgIpc) is 3.15. The minimum absolute atomic E-state index is 0. The predicted octanol–water partition coefficient (Wildman–Crippen LogP) is 3.23. The number of nitrogens with zero attached hydrogens (tertiary/aromatic N) is 2. The van der Waals surface area contributed by atoms with Crippen molar-refractivity contribution in [3.05, 3.63) is 34.4 Å². The van der Waals surface area contributed by atoms with Gasteiger partial charge in [0.2, 0.25) is 0 Å². The van der Waals surface area contributed by atoms with E-state index < -0.39 is 0 Å². The average molecular weight is 487 g/mol. The molecule has 3 rings (SSSR count). The standard InChI is InChI=1S/C21H33N3O2.HI/c1-15-12-16(2)18(17(3)13-15)7-8-23-21(22-4)24-9-11-26-20(14-24)19-6-5-10-25-19;/h12-13,19-20H,5-11,14H2,1-4H3,(H,22,23);1H. The number of aliphatic imine (C=N–C) groups is 1. The Balaban J connectivity index is 0.00000261. The van der Waals surface area contributed by atoms with Gasteiger partial charge in [-0.15, -0.1) is 24.0 Å². The van der Waals surface area contributed by atoms with Crippen molar-refractivity contribution in [3.8, 4) is 0 Å². The van der Waals surface area contributed by atoms with Gasteiger partial charge in [0, 0.05) is 33.3 Å². The van der Waals surface area contributed by atoms with E-state index in [2.05, 4.69) is 48.1 Å². The maximum atomic E-state index is 5.95. The van der Waals surface area contributed by atoms with Crippen LogP contribution in [0.3, 0.4) is 0 Å². The van der Waals surface area contributed by atoms with Crippen molar-refractivity contribution < 1.29 is 9.47 Å². The normalized spacial score (nSPS) is 23.3. The summed E-state index contributed by atoms with van der Waals surface area (Å²) in [5, 5.41) is 3.55. The van der Waals surface area contributed by atoms with Crippen LogP contribution in [-0.2, 0) is 15.9 Å². The Kier molecular flexibility index (Phi) is 8.82. The van der Waals surface area contributed by atoms with E-state index in [4.69, 9.17) is 9.47 Å². The molecule has 2 aliphatic heterocycles. The highest BCUT2D eigenvalue weighted by molar-refractivity contribution is 14.0. The van der Waals surface area contributed by atoms with Crippen LogP contribution in [0.15, 0.2) is 17.1 Å². The van der Waals surface area contributed by atoms with Crippen molar-refractivity contribution in [1.29, 1.82) is 0 Å². The SMILES string of the molecule is CN=C(NCCc1c(C)cc(C)cc1C)N1CCOC(C2CCCO2)C1.I. The smallest absolute Gasteiger partial charge is 0.193 e. The number of halogens is 1. The number of ether oxygens (including phenoxy) is 2. The summed E-state index contributed by atoms with van der Waals surface area (Å²) >= 11 is 0. The molecule has 6 heteroatoms. The van der Waals surface area contributed by atoms with Crippen molar-refractivity contribution in [2.24, 2.45) is 4.99 Å². The summed E-state index contributed by atoms with van der Waals surface area (Å²) in [6.45, 7) is 10.8. The number of guanidine groups is 1. The summed E-state index contributed by atoms with van der Waals surface area (Å²) in [6.07, 6.45) is 3.67. The van der Waals surface area contributed by atoms with Gasteiger partial charge < -0.3 is 19.7 Å². The number of hydrogen-bond donors (Lipinski definition) is 1. The van der Waals surface area contributed by atoms with Gasteiger partial charge in [-0.1, -0.05) is 17.7 Å². The maximum absolute atomic E-state index is 5.95. The van der Waals surface area contributed by atoms with Gasteiger partial charge in [-0.3, -0.25) is 4.99 Å². The maximum Gasteiger partial charge on any atom is 0.193 e. The first kappa shape index (κ1) is 22.4. The Labute approximate surface area is 180 Å². The number of rotatable bonds is 4. The molecule has 0 aromatic heterocycles. The molecule has 5 nitrogen and oxygen atoms in total. The Bertz CT molecular complexity index is 621. The minimum Gasteiger partial charge on any atom is -0.375 e. The van der Waals surface area contributed by atoms with Gasteiger partial charge in [-0.2, -0.15) is 0 Å². The monoisotopic (exact) mass is 487 g/mol. The molecule has 1 N–H and O–H groups in total. The van der Waals surface area contributed by atoms with Crippen LogP contribution in [0.4, 0.5) is 0 Å². The van der Waals surface area contributed by atoms with E-state index in [1.165, 1.54) is 22.3 Å². The second-order valence-electron chi connectivity index (χ2n) is 7.51. The first-order chi connectivity index (χ1) is 12.6. The topological polar surface area (TPSA) is 46.1 Å². The number of nitrogens with one attached hydrogen (secondary N) is 1. The fraction of sp³-hybridized carbons (Fsp3) is 0.667. The predicted molar refractivity (Wildman–Crippen MR) is 121 cm³/mol. The molecule has 152 valence electrons. The largest absolute Gasteiger partial charge is 0.375 e. The van der Waals surface area contributed by atoms with E-state index in [9.17, 15) is 0 Å². The van der Waals surface area contributed by atoms with Crippen LogP contribution in [0.25, 0.3) is 0 Å². The van der Waals surface area contributed by atoms with Crippen molar-refractivity contribution in [2.45, 2.75) is 52.2 Å². The van der Waals surface area contributed by atoms with Crippen LogP contribution >= 0.6 is 24.0 Å². The van der Waals surface area contributed by atoms with Gasteiger partial charge in [0.25, 0.3) is 0 Å². The van der Waals surface area contributed by atoms with Crippen molar-refractivity contribution in [3.63, 3.8) is 0 Å². The van der Waals surface area contributed by atoms with Crippen LogP contribution in [0.1, 0.15) is 35.1 Å². The van der Waals surface area contributed by atoms with E-state index in [1.807, 2.05) is 7.05 Å². The van der Waals surface area contributed by atoms with E-state index in [1.54, 1.807) is 0 Å². The Hall–Kier alpha value is -0.860. The third-order valence-corrected chi connectivity index (χ3v) is 5.48. The molecule has 27 heavy (non-hydrogen) atoms. The van der Waals surface area contributed by atoms with E-state index >= 15 is 0 Å². The molecule has 1 aromatic rings. The minimum atomic E-state index is 0.